The van der Waals surface area contributed by atoms with Gasteiger partial charge in [-0.2, -0.15) is 4.31 Å². The molecule has 1 aliphatic heterocycles. The molecule has 2 heterocycles. The minimum absolute atomic E-state index is 0.0180. The number of carboxylic acids is 1. The number of benzene rings is 2. The molecule has 2 aromatic carbocycles. The van der Waals surface area contributed by atoms with Crippen LogP contribution in [0.4, 0.5) is 0 Å². The maximum absolute atomic E-state index is 12.9. The first-order chi connectivity index (χ1) is 17.8. The van der Waals surface area contributed by atoms with Gasteiger partial charge in [-0.05, 0) is 66.4 Å². The minimum atomic E-state index is -3.62. The van der Waals surface area contributed by atoms with E-state index in [1.165, 1.54) is 23.6 Å². The molecule has 0 spiro atoms. The first kappa shape index (κ1) is 26.6. The summed E-state index contributed by atoms with van der Waals surface area (Å²) in [5.74, 6) is -0.948. The van der Waals surface area contributed by atoms with Crippen LogP contribution in [0.25, 0.3) is 11.6 Å². The summed E-state index contributed by atoms with van der Waals surface area (Å²) in [5.41, 5.74) is 1.99. The Morgan fingerprint density at radius 1 is 0.973 bits per heavy atom. The molecule has 1 aliphatic rings. The van der Waals surface area contributed by atoms with E-state index in [0.717, 1.165) is 36.2 Å². The highest BCUT2D eigenvalue weighted by Gasteiger charge is 2.28. The van der Waals surface area contributed by atoms with E-state index in [0.29, 0.717) is 41.4 Å². The molecule has 0 saturated carbocycles. The van der Waals surface area contributed by atoms with Crippen molar-refractivity contribution in [1.82, 2.24) is 4.31 Å². The molecule has 1 fully saturated rings. The summed E-state index contributed by atoms with van der Waals surface area (Å²) in [6, 6.07) is 16.9. The lowest BCUT2D eigenvalue weighted by Gasteiger charge is -2.25. The number of hydrogen-bond donors (Lipinski definition) is 1. The topological polar surface area (TPSA) is 110 Å². The molecule has 4 rings (SSSR count). The third-order valence-electron chi connectivity index (χ3n) is 5.96. The number of carboxylic acid groups (broad SMARTS) is 1. The zero-order valence-corrected chi connectivity index (χ0v) is 21.9. The summed E-state index contributed by atoms with van der Waals surface area (Å²) in [4.78, 5) is 23.9. The lowest BCUT2D eigenvalue weighted by Crippen LogP contribution is -2.35. The number of methoxy groups -OCH3 is 1. The normalized spacial score (nSPS) is 14.8. The molecule has 194 valence electrons. The van der Waals surface area contributed by atoms with Crippen molar-refractivity contribution in [2.24, 2.45) is 0 Å². The average Bonchev–Trinajstić information content (AvgIpc) is 3.42. The van der Waals surface area contributed by atoms with Crippen molar-refractivity contribution in [3.63, 3.8) is 0 Å². The van der Waals surface area contributed by atoms with Crippen LogP contribution in [-0.2, 0) is 26.2 Å². The zero-order valence-electron chi connectivity index (χ0n) is 20.3. The van der Waals surface area contributed by atoms with Crippen molar-refractivity contribution in [2.75, 3.05) is 20.2 Å². The molecule has 0 amide bonds. The molecular weight excluding hydrogens is 514 g/mol. The van der Waals surface area contributed by atoms with Crippen LogP contribution < -0.4 is 4.74 Å². The standard InChI is InChI=1S/C27H27NO7S2/c1-34-27(31)21-9-5-20(6-10-21)18-35-22-11-7-19(8-12-22)17-23(26(29)30)24-13-14-25(36-24)37(32,33)28-15-3-2-4-16-28/h5-14,17H,2-4,15-16,18H2,1H3,(H,29,30). The number of thiophene rings is 1. The largest absolute Gasteiger partial charge is 0.489 e. The van der Waals surface area contributed by atoms with Gasteiger partial charge in [0.25, 0.3) is 10.0 Å². The van der Waals surface area contributed by atoms with Gasteiger partial charge in [-0.15, -0.1) is 11.3 Å². The Kier molecular flexibility index (Phi) is 8.42. The van der Waals surface area contributed by atoms with Crippen LogP contribution >= 0.6 is 11.3 Å². The summed E-state index contributed by atoms with van der Waals surface area (Å²) >= 11 is 0.970. The zero-order chi connectivity index (χ0) is 26.4. The Bertz CT molecular complexity index is 1390. The summed E-state index contributed by atoms with van der Waals surface area (Å²) < 4.78 is 38.0. The SMILES string of the molecule is COC(=O)c1ccc(COc2ccc(C=C(C(=O)O)c3ccc(S(=O)(=O)N4CCCCC4)s3)cc2)cc1. The molecule has 1 N–H and O–H groups in total. The van der Waals surface area contributed by atoms with Crippen molar-refractivity contribution in [1.29, 1.82) is 0 Å². The quantitative estimate of drug-likeness (QED) is 0.303. The molecule has 1 saturated heterocycles. The number of ether oxygens (including phenoxy) is 2. The number of piperidine rings is 1. The molecule has 3 aromatic rings. The van der Waals surface area contributed by atoms with Crippen molar-refractivity contribution in [3.8, 4) is 5.75 Å². The number of esters is 1. The molecule has 0 unspecified atom stereocenters. The van der Waals surface area contributed by atoms with Gasteiger partial charge < -0.3 is 14.6 Å². The number of sulfonamides is 1. The molecule has 1 aromatic heterocycles. The van der Waals surface area contributed by atoms with Gasteiger partial charge in [0.15, 0.2) is 0 Å². The fraction of sp³-hybridized carbons (Fsp3) is 0.259. The lowest BCUT2D eigenvalue weighted by atomic mass is 10.1. The summed E-state index contributed by atoms with van der Waals surface area (Å²) in [5, 5.41) is 9.81. The van der Waals surface area contributed by atoms with Gasteiger partial charge >= 0.3 is 11.9 Å². The molecule has 8 nitrogen and oxygen atoms in total. The molecule has 0 aliphatic carbocycles. The van der Waals surface area contributed by atoms with Crippen molar-refractivity contribution in [3.05, 3.63) is 82.2 Å². The molecule has 10 heteroatoms. The summed E-state index contributed by atoms with van der Waals surface area (Å²) in [6.45, 7) is 1.27. The fourth-order valence-corrected chi connectivity index (χ4v) is 6.91. The maximum atomic E-state index is 12.9. The van der Waals surface area contributed by atoms with Crippen LogP contribution in [0.1, 0.15) is 45.6 Å². The van der Waals surface area contributed by atoms with Crippen LogP contribution in [0.2, 0.25) is 0 Å². The van der Waals surface area contributed by atoms with E-state index in [1.807, 2.05) is 0 Å². The van der Waals surface area contributed by atoms with Gasteiger partial charge in [-0.1, -0.05) is 30.7 Å². The van der Waals surface area contributed by atoms with Crippen LogP contribution in [0.15, 0.2) is 64.9 Å². The molecule has 37 heavy (non-hydrogen) atoms. The van der Waals surface area contributed by atoms with Crippen LogP contribution in [-0.4, -0.2) is 50.0 Å². The predicted molar refractivity (Wildman–Crippen MR) is 141 cm³/mol. The summed E-state index contributed by atoms with van der Waals surface area (Å²) in [7, 11) is -2.29. The Balaban J connectivity index is 1.45. The Hall–Kier alpha value is -3.47. The Labute approximate surface area is 219 Å². The molecule has 0 atom stereocenters. The fourth-order valence-electron chi connectivity index (χ4n) is 3.92. The van der Waals surface area contributed by atoms with Crippen LogP contribution in [0.3, 0.4) is 0 Å². The van der Waals surface area contributed by atoms with E-state index < -0.39 is 22.0 Å². The lowest BCUT2D eigenvalue weighted by molar-refractivity contribution is -0.130. The second-order valence-corrected chi connectivity index (χ2v) is 11.7. The molecule has 0 radical (unpaired) electrons. The number of nitrogens with zero attached hydrogens (tertiary/aromatic N) is 1. The van der Waals surface area contributed by atoms with E-state index in [9.17, 15) is 23.1 Å². The van der Waals surface area contributed by atoms with E-state index in [2.05, 4.69) is 4.74 Å². The number of carbonyl (C=O) groups is 2. The van der Waals surface area contributed by atoms with E-state index in [1.54, 1.807) is 54.6 Å². The Morgan fingerprint density at radius 3 is 2.27 bits per heavy atom. The third kappa shape index (κ3) is 6.46. The van der Waals surface area contributed by atoms with Crippen molar-refractivity contribution in [2.45, 2.75) is 30.1 Å². The number of hydrogen-bond acceptors (Lipinski definition) is 7. The Morgan fingerprint density at radius 2 is 1.65 bits per heavy atom. The third-order valence-corrected chi connectivity index (χ3v) is 9.44. The molecule has 0 bridgehead atoms. The maximum Gasteiger partial charge on any atom is 0.337 e. The van der Waals surface area contributed by atoms with E-state index in [-0.39, 0.29) is 9.78 Å². The highest BCUT2D eigenvalue weighted by atomic mass is 32.2. The van der Waals surface area contributed by atoms with Gasteiger partial charge in [-0.25, -0.2) is 18.0 Å². The number of carbonyl (C=O) groups excluding carboxylic acids is 1. The second kappa shape index (κ2) is 11.7. The van der Waals surface area contributed by atoms with Gasteiger partial charge in [0.2, 0.25) is 0 Å². The first-order valence-electron chi connectivity index (χ1n) is 11.7. The van der Waals surface area contributed by atoms with Gasteiger partial charge in [0.05, 0.1) is 18.2 Å². The van der Waals surface area contributed by atoms with Gasteiger partial charge in [0.1, 0.15) is 16.6 Å². The molecular formula is C27H27NO7S2. The minimum Gasteiger partial charge on any atom is -0.489 e. The summed E-state index contributed by atoms with van der Waals surface area (Å²) in [6.07, 6.45) is 4.20. The van der Waals surface area contributed by atoms with Crippen LogP contribution in [0.5, 0.6) is 5.75 Å². The van der Waals surface area contributed by atoms with Crippen molar-refractivity contribution < 1.29 is 32.6 Å². The highest BCUT2D eigenvalue weighted by molar-refractivity contribution is 7.91. The predicted octanol–water partition coefficient (Wildman–Crippen LogP) is 4.91. The van der Waals surface area contributed by atoms with Gasteiger partial charge in [0, 0.05) is 18.0 Å². The average molecular weight is 542 g/mol. The second-order valence-electron chi connectivity index (χ2n) is 8.49. The van der Waals surface area contributed by atoms with E-state index >= 15 is 0 Å². The van der Waals surface area contributed by atoms with E-state index in [4.69, 9.17) is 4.74 Å². The number of rotatable bonds is 9. The smallest absolute Gasteiger partial charge is 0.337 e. The first-order valence-corrected chi connectivity index (χ1v) is 14.0. The van der Waals surface area contributed by atoms with Crippen LogP contribution in [0, 0.1) is 0 Å². The number of aliphatic carboxylic acids is 1. The monoisotopic (exact) mass is 541 g/mol. The van der Waals surface area contributed by atoms with Crippen molar-refractivity contribution >= 4 is 44.9 Å². The highest BCUT2D eigenvalue weighted by Crippen LogP contribution is 2.32. The van der Waals surface area contributed by atoms with Gasteiger partial charge in [-0.3, -0.25) is 0 Å².